The number of rotatable bonds is 3. The van der Waals surface area contributed by atoms with E-state index in [2.05, 4.69) is 17.6 Å². The van der Waals surface area contributed by atoms with Crippen molar-refractivity contribution < 1.29 is 17.9 Å². The first-order valence-corrected chi connectivity index (χ1v) is 8.38. The van der Waals surface area contributed by atoms with E-state index in [0.717, 1.165) is 22.5 Å². The molecule has 0 fully saturated rings. The predicted octanol–water partition coefficient (Wildman–Crippen LogP) is 7.04. The number of aromatic nitrogens is 1. The molecule has 0 spiro atoms. The SMILES string of the molecule is CC(C)c1c[nH]c2ccc(Oc3c(Cl)cc(S)cc3C(F)(F)F)cc12. The Kier molecular flexibility index (Phi) is 4.68. The number of nitrogens with one attached hydrogen (secondary N) is 1. The zero-order valence-electron chi connectivity index (χ0n) is 13.4. The Hall–Kier alpha value is -1.79. The van der Waals surface area contributed by atoms with E-state index in [1.54, 1.807) is 18.2 Å². The van der Waals surface area contributed by atoms with Crippen LogP contribution in [0.5, 0.6) is 11.5 Å². The molecular formula is C18H15ClF3NOS. The van der Waals surface area contributed by atoms with Gasteiger partial charge in [0, 0.05) is 22.0 Å². The average molecular weight is 386 g/mol. The molecule has 132 valence electrons. The second kappa shape index (κ2) is 6.50. The maximum absolute atomic E-state index is 13.3. The monoisotopic (exact) mass is 385 g/mol. The number of hydrogen-bond acceptors (Lipinski definition) is 2. The van der Waals surface area contributed by atoms with Gasteiger partial charge in [-0.2, -0.15) is 13.2 Å². The quantitative estimate of drug-likeness (QED) is 0.464. The van der Waals surface area contributed by atoms with Crippen LogP contribution in [0.3, 0.4) is 0 Å². The minimum atomic E-state index is -4.60. The number of H-pyrrole nitrogens is 1. The Morgan fingerprint density at radius 2 is 1.88 bits per heavy atom. The lowest BCUT2D eigenvalue weighted by Crippen LogP contribution is -2.07. The van der Waals surface area contributed by atoms with Gasteiger partial charge in [0.1, 0.15) is 11.3 Å². The highest BCUT2D eigenvalue weighted by atomic mass is 35.5. The predicted molar refractivity (Wildman–Crippen MR) is 96.2 cm³/mol. The highest BCUT2D eigenvalue weighted by Crippen LogP contribution is 2.44. The number of hydrogen-bond donors (Lipinski definition) is 2. The van der Waals surface area contributed by atoms with Crippen LogP contribution in [0, 0.1) is 0 Å². The molecule has 3 aromatic rings. The van der Waals surface area contributed by atoms with Gasteiger partial charge in [-0.25, -0.2) is 0 Å². The summed E-state index contributed by atoms with van der Waals surface area (Å²) in [5.41, 5.74) is 1.00. The van der Waals surface area contributed by atoms with Gasteiger partial charge in [0.05, 0.1) is 5.02 Å². The maximum Gasteiger partial charge on any atom is 0.420 e. The van der Waals surface area contributed by atoms with Gasteiger partial charge in [-0.15, -0.1) is 12.6 Å². The number of alkyl halides is 3. The molecule has 7 heteroatoms. The van der Waals surface area contributed by atoms with Gasteiger partial charge in [0.15, 0.2) is 5.75 Å². The van der Waals surface area contributed by atoms with Crippen molar-refractivity contribution in [3.8, 4) is 11.5 Å². The van der Waals surface area contributed by atoms with Crippen molar-refractivity contribution in [1.29, 1.82) is 0 Å². The van der Waals surface area contributed by atoms with Crippen LogP contribution in [0.25, 0.3) is 10.9 Å². The van der Waals surface area contributed by atoms with Crippen molar-refractivity contribution in [3.05, 3.63) is 52.7 Å². The van der Waals surface area contributed by atoms with E-state index >= 15 is 0 Å². The number of benzene rings is 2. The second-order valence-corrected chi connectivity index (χ2v) is 6.93. The van der Waals surface area contributed by atoms with Gasteiger partial charge < -0.3 is 9.72 Å². The third kappa shape index (κ3) is 3.60. The molecule has 0 saturated heterocycles. The number of aromatic amines is 1. The van der Waals surface area contributed by atoms with Crippen molar-refractivity contribution in [1.82, 2.24) is 4.98 Å². The Bertz CT molecular complexity index is 934. The highest BCUT2D eigenvalue weighted by molar-refractivity contribution is 7.80. The van der Waals surface area contributed by atoms with Crippen LogP contribution in [0.2, 0.25) is 5.02 Å². The van der Waals surface area contributed by atoms with E-state index in [1.165, 1.54) is 6.07 Å². The summed E-state index contributed by atoms with van der Waals surface area (Å²) in [4.78, 5) is 3.26. The van der Waals surface area contributed by atoms with Crippen molar-refractivity contribution in [2.24, 2.45) is 0 Å². The number of halogens is 4. The Balaban J connectivity index is 2.09. The molecule has 0 amide bonds. The van der Waals surface area contributed by atoms with Gasteiger partial charge >= 0.3 is 6.18 Å². The Morgan fingerprint density at radius 3 is 2.52 bits per heavy atom. The molecular weight excluding hydrogens is 371 g/mol. The smallest absolute Gasteiger partial charge is 0.420 e. The molecule has 0 unspecified atom stereocenters. The molecule has 2 aromatic carbocycles. The molecule has 25 heavy (non-hydrogen) atoms. The summed E-state index contributed by atoms with van der Waals surface area (Å²) < 4.78 is 45.5. The minimum Gasteiger partial charge on any atom is -0.455 e. The van der Waals surface area contributed by atoms with Crippen molar-refractivity contribution in [2.45, 2.75) is 30.8 Å². The van der Waals surface area contributed by atoms with Gasteiger partial charge in [-0.05, 0) is 41.8 Å². The summed E-state index contributed by atoms with van der Waals surface area (Å²) >= 11 is 9.95. The summed E-state index contributed by atoms with van der Waals surface area (Å²) in [6, 6.07) is 7.31. The van der Waals surface area contributed by atoms with Crippen LogP contribution in [0.15, 0.2) is 41.4 Å². The maximum atomic E-state index is 13.3. The Labute approximate surface area is 153 Å². The first kappa shape index (κ1) is 18.0. The highest BCUT2D eigenvalue weighted by Gasteiger charge is 2.36. The van der Waals surface area contributed by atoms with Gasteiger partial charge in [0.25, 0.3) is 0 Å². The second-order valence-electron chi connectivity index (χ2n) is 6.01. The third-order valence-corrected chi connectivity index (χ3v) is 4.40. The van der Waals surface area contributed by atoms with Crippen LogP contribution in [-0.4, -0.2) is 4.98 Å². The molecule has 0 saturated carbocycles. The molecule has 0 aliphatic carbocycles. The molecule has 0 atom stereocenters. The fourth-order valence-corrected chi connectivity index (χ4v) is 3.27. The normalized spacial score (nSPS) is 12.2. The summed E-state index contributed by atoms with van der Waals surface area (Å²) in [7, 11) is 0. The fraction of sp³-hybridized carbons (Fsp3) is 0.222. The topological polar surface area (TPSA) is 25.0 Å². The first-order valence-electron chi connectivity index (χ1n) is 7.55. The number of thiol groups is 1. The van der Waals surface area contributed by atoms with Crippen LogP contribution >= 0.6 is 24.2 Å². The van der Waals surface area contributed by atoms with Gasteiger partial charge in [0.2, 0.25) is 0 Å². The lowest BCUT2D eigenvalue weighted by molar-refractivity contribution is -0.138. The largest absolute Gasteiger partial charge is 0.455 e. The number of ether oxygens (including phenoxy) is 1. The zero-order chi connectivity index (χ0) is 18.4. The lowest BCUT2D eigenvalue weighted by atomic mass is 10.0. The van der Waals surface area contributed by atoms with Crippen molar-refractivity contribution in [2.75, 3.05) is 0 Å². The van der Waals surface area contributed by atoms with Gasteiger partial charge in [-0.1, -0.05) is 25.4 Å². The van der Waals surface area contributed by atoms with E-state index in [1.807, 2.05) is 20.0 Å². The van der Waals surface area contributed by atoms with Crippen LogP contribution < -0.4 is 4.74 Å². The van der Waals surface area contributed by atoms with Gasteiger partial charge in [-0.3, -0.25) is 0 Å². The number of fused-ring (bicyclic) bond motifs is 1. The fourth-order valence-electron chi connectivity index (χ4n) is 2.67. The Morgan fingerprint density at radius 1 is 1.16 bits per heavy atom. The van der Waals surface area contributed by atoms with E-state index in [4.69, 9.17) is 16.3 Å². The minimum absolute atomic E-state index is 0.118. The van der Waals surface area contributed by atoms with Crippen LogP contribution in [0.4, 0.5) is 13.2 Å². The molecule has 0 aliphatic heterocycles. The van der Waals surface area contributed by atoms with Crippen LogP contribution in [-0.2, 0) is 6.18 Å². The third-order valence-electron chi connectivity index (χ3n) is 3.86. The van der Waals surface area contributed by atoms with E-state index in [-0.39, 0.29) is 21.6 Å². The molecule has 0 radical (unpaired) electrons. The summed E-state index contributed by atoms with van der Waals surface area (Å²) in [5.74, 6) is 0.128. The molecule has 3 rings (SSSR count). The summed E-state index contributed by atoms with van der Waals surface area (Å²) in [6.45, 7) is 4.08. The summed E-state index contributed by atoms with van der Waals surface area (Å²) in [5, 5.41) is 0.765. The van der Waals surface area contributed by atoms with Crippen molar-refractivity contribution in [3.63, 3.8) is 0 Å². The molecule has 1 aromatic heterocycles. The van der Waals surface area contributed by atoms with E-state index in [9.17, 15) is 13.2 Å². The molecule has 1 heterocycles. The lowest BCUT2D eigenvalue weighted by Gasteiger charge is -2.16. The van der Waals surface area contributed by atoms with E-state index < -0.39 is 17.5 Å². The van der Waals surface area contributed by atoms with Crippen LogP contribution in [0.1, 0.15) is 30.9 Å². The molecule has 1 N–H and O–H groups in total. The zero-order valence-corrected chi connectivity index (χ0v) is 15.1. The molecule has 2 nitrogen and oxygen atoms in total. The standard InChI is InChI=1S/C18H15ClF3NOS/c1-9(2)13-8-23-16-4-3-10(5-12(13)16)24-17-14(18(20,21)22)6-11(25)7-15(17)19/h3-9,23,25H,1-2H3. The first-order chi connectivity index (χ1) is 11.7. The average Bonchev–Trinajstić information content (AvgIpc) is 2.92. The molecule has 0 aliphatic rings. The van der Waals surface area contributed by atoms with Crippen molar-refractivity contribution >= 4 is 35.1 Å². The molecule has 0 bridgehead atoms. The van der Waals surface area contributed by atoms with E-state index in [0.29, 0.717) is 0 Å². The summed E-state index contributed by atoms with van der Waals surface area (Å²) in [6.07, 6.45) is -2.71.